The highest BCUT2D eigenvalue weighted by Gasteiger charge is 2.47. The SMILES string of the molecule is Cc1ccc(N2C(=O)CC(N(Cc3ccco3)S(=O)(=O)c3cc(Cl)ccc3Cl)C2=O)cc1. The highest BCUT2D eigenvalue weighted by Crippen LogP contribution is 2.34. The van der Waals surface area contributed by atoms with Crippen LogP contribution in [0.4, 0.5) is 5.69 Å². The Morgan fingerprint density at radius 3 is 2.47 bits per heavy atom. The zero-order chi connectivity index (χ0) is 23.0. The quantitative estimate of drug-likeness (QED) is 0.475. The summed E-state index contributed by atoms with van der Waals surface area (Å²) in [4.78, 5) is 26.8. The van der Waals surface area contributed by atoms with Crippen LogP contribution in [0.25, 0.3) is 0 Å². The normalized spacial score (nSPS) is 16.9. The van der Waals surface area contributed by atoms with E-state index < -0.39 is 27.9 Å². The van der Waals surface area contributed by atoms with Gasteiger partial charge in [-0.1, -0.05) is 40.9 Å². The van der Waals surface area contributed by atoms with Crippen molar-refractivity contribution in [3.05, 3.63) is 82.2 Å². The third-order valence-electron chi connectivity index (χ3n) is 5.13. The molecule has 0 spiro atoms. The number of sulfonamides is 1. The van der Waals surface area contributed by atoms with Crippen molar-refractivity contribution >= 4 is 50.7 Å². The molecule has 32 heavy (non-hydrogen) atoms. The molecule has 1 atom stereocenters. The second-order valence-corrected chi connectivity index (χ2v) is 10.0. The van der Waals surface area contributed by atoms with Gasteiger partial charge in [0.25, 0.3) is 5.91 Å². The van der Waals surface area contributed by atoms with Gasteiger partial charge in [-0.15, -0.1) is 0 Å². The van der Waals surface area contributed by atoms with Gasteiger partial charge in [0.05, 0.1) is 29.9 Å². The maximum atomic E-state index is 13.6. The summed E-state index contributed by atoms with van der Waals surface area (Å²) in [6.45, 7) is 1.62. The number of carbonyl (C=O) groups excluding carboxylic acids is 2. The summed E-state index contributed by atoms with van der Waals surface area (Å²) >= 11 is 12.2. The zero-order valence-electron chi connectivity index (χ0n) is 16.9. The van der Waals surface area contributed by atoms with Gasteiger partial charge < -0.3 is 4.42 Å². The number of nitrogens with zero attached hydrogens (tertiary/aromatic N) is 2. The number of carbonyl (C=O) groups is 2. The first-order valence-corrected chi connectivity index (χ1v) is 11.8. The number of benzene rings is 2. The predicted octanol–water partition coefficient (Wildman–Crippen LogP) is 4.42. The van der Waals surface area contributed by atoms with Crippen LogP contribution < -0.4 is 4.90 Å². The molecule has 0 aliphatic carbocycles. The fourth-order valence-corrected chi connectivity index (χ4v) is 5.81. The first kappa shape index (κ1) is 22.5. The monoisotopic (exact) mass is 492 g/mol. The van der Waals surface area contributed by atoms with E-state index in [0.29, 0.717) is 11.4 Å². The molecule has 0 N–H and O–H groups in total. The molecule has 1 aliphatic heterocycles. The van der Waals surface area contributed by atoms with Crippen molar-refractivity contribution in [1.82, 2.24) is 4.31 Å². The van der Waals surface area contributed by atoms with Crippen LogP contribution in [-0.4, -0.2) is 30.6 Å². The van der Waals surface area contributed by atoms with E-state index in [0.717, 1.165) is 14.8 Å². The van der Waals surface area contributed by atoms with Crippen molar-refractivity contribution in [2.24, 2.45) is 0 Å². The lowest BCUT2D eigenvalue weighted by atomic mass is 10.2. The third-order valence-corrected chi connectivity index (χ3v) is 7.71. The van der Waals surface area contributed by atoms with Crippen LogP contribution in [0.2, 0.25) is 10.0 Å². The summed E-state index contributed by atoms with van der Waals surface area (Å²) in [5.74, 6) is -0.839. The molecular weight excluding hydrogens is 475 g/mol. The molecule has 0 radical (unpaired) electrons. The van der Waals surface area contributed by atoms with Crippen LogP contribution in [0.3, 0.4) is 0 Å². The number of hydrogen-bond donors (Lipinski definition) is 0. The fourth-order valence-electron chi connectivity index (χ4n) is 3.53. The fraction of sp³-hybridized carbons (Fsp3) is 0.182. The van der Waals surface area contributed by atoms with Gasteiger partial charge in [0.1, 0.15) is 16.7 Å². The van der Waals surface area contributed by atoms with Crippen molar-refractivity contribution in [2.75, 3.05) is 4.90 Å². The molecule has 0 bridgehead atoms. The molecule has 1 saturated heterocycles. The Bertz CT molecular complexity index is 1270. The van der Waals surface area contributed by atoms with Crippen molar-refractivity contribution in [3.8, 4) is 0 Å². The van der Waals surface area contributed by atoms with E-state index >= 15 is 0 Å². The van der Waals surface area contributed by atoms with Crippen molar-refractivity contribution in [2.45, 2.75) is 30.8 Å². The number of amides is 2. The summed E-state index contributed by atoms with van der Waals surface area (Å²) < 4.78 is 33.5. The van der Waals surface area contributed by atoms with Gasteiger partial charge in [0, 0.05) is 5.02 Å². The molecule has 1 unspecified atom stereocenters. The first-order valence-electron chi connectivity index (χ1n) is 9.61. The first-order chi connectivity index (χ1) is 15.2. The van der Waals surface area contributed by atoms with E-state index in [1.54, 1.807) is 36.4 Å². The van der Waals surface area contributed by atoms with Crippen molar-refractivity contribution in [1.29, 1.82) is 0 Å². The molecular formula is C22H18Cl2N2O5S. The molecule has 2 aromatic carbocycles. The summed E-state index contributed by atoms with van der Waals surface area (Å²) in [7, 11) is -4.33. The molecule has 10 heteroatoms. The van der Waals surface area contributed by atoms with E-state index in [4.69, 9.17) is 27.6 Å². The lowest BCUT2D eigenvalue weighted by molar-refractivity contribution is -0.122. The number of anilines is 1. The predicted molar refractivity (Wildman–Crippen MR) is 120 cm³/mol. The van der Waals surface area contributed by atoms with Crippen LogP contribution in [0.1, 0.15) is 17.7 Å². The number of rotatable bonds is 6. The molecule has 1 aliphatic rings. The maximum absolute atomic E-state index is 13.6. The van der Waals surface area contributed by atoms with Crippen molar-refractivity contribution < 1.29 is 22.4 Å². The van der Waals surface area contributed by atoms with Gasteiger partial charge in [-0.25, -0.2) is 13.3 Å². The molecule has 4 rings (SSSR count). The number of halogens is 2. The van der Waals surface area contributed by atoms with E-state index in [1.165, 1.54) is 24.5 Å². The van der Waals surface area contributed by atoms with E-state index in [1.807, 2.05) is 6.92 Å². The van der Waals surface area contributed by atoms with Gasteiger partial charge in [-0.3, -0.25) is 9.59 Å². The van der Waals surface area contributed by atoms with Crippen LogP contribution in [0, 0.1) is 6.92 Å². The zero-order valence-corrected chi connectivity index (χ0v) is 19.2. The standard InChI is InChI=1S/C22H18Cl2N2O5S/c1-14-4-7-16(8-5-14)26-21(27)12-19(22(26)28)25(13-17-3-2-10-31-17)32(29,30)20-11-15(23)6-9-18(20)24/h2-11,19H,12-13H2,1H3. The summed E-state index contributed by atoms with van der Waals surface area (Å²) in [5.41, 5.74) is 1.34. The number of aryl methyl sites for hydroxylation is 1. The molecule has 1 aromatic heterocycles. The Morgan fingerprint density at radius 2 is 1.81 bits per heavy atom. The number of furan rings is 1. The van der Waals surface area contributed by atoms with Crippen molar-refractivity contribution in [3.63, 3.8) is 0 Å². The largest absolute Gasteiger partial charge is 0.468 e. The minimum Gasteiger partial charge on any atom is -0.468 e. The lowest BCUT2D eigenvalue weighted by Crippen LogP contribution is -2.45. The molecule has 166 valence electrons. The highest BCUT2D eigenvalue weighted by atomic mass is 35.5. The van der Waals surface area contributed by atoms with Gasteiger partial charge >= 0.3 is 0 Å². The maximum Gasteiger partial charge on any atom is 0.252 e. The van der Waals surface area contributed by atoms with Gasteiger partial charge in [-0.05, 0) is 49.4 Å². The van der Waals surface area contributed by atoms with E-state index in [2.05, 4.69) is 0 Å². The molecule has 2 amide bonds. The molecule has 3 aromatic rings. The smallest absolute Gasteiger partial charge is 0.252 e. The Morgan fingerprint density at radius 1 is 1.09 bits per heavy atom. The van der Waals surface area contributed by atoms with Gasteiger partial charge in [0.15, 0.2) is 0 Å². The topological polar surface area (TPSA) is 87.9 Å². The van der Waals surface area contributed by atoms with Crippen LogP contribution in [0.5, 0.6) is 0 Å². The Kier molecular flexibility index (Phi) is 6.13. The van der Waals surface area contributed by atoms with E-state index in [9.17, 15) is 18.0 Å². The highest BCUT2D eigenvalue weighted by molar-refractivity contribution is 7.89. The summed E-state index contributed by atoms with van der Waals surface area (Å²) in [6, 6.07) is 12.8. The molecule has 0 saturated carbocycles. The number of hydrogen-bond acceptors (Lipinski definition) is 5. The lowest BCUT2D eigenvalue weighted by Gasteiger charge is -2.26. The van der Waals surface area contributed by atoms with Crippen LogP contribution >= 0.6 is 23.2 Å². The average Bonchev–Trinajstić information content (AvgIpc) is 3.36. The summed E-state index contributed by atoms with van der Waals surface area (Å²) in [6.07, 6.45) is 1.08. The molecule has 2 heterocycles. The second kappa shape index (κ2) is 8.71. The minimum absolute atomic E-state index is 0.0500. The minimum atomic E-state index is -4.33. The Hall–Kier alpha value is -2.65. The van der Waals surface area contributed by atoms with Crippen LogP contribution in [0.15, 0.2) is 70.2 Å². The molecule has 1 fully saturated rings. The average molecular weight is 493 g/mol. The van der Waals surface area contributed by atoms with Crippen LogP contribution in [-0.2, 0) is 26.2 Å². The molecule has 7 nitrogen and oxygen atoms in total. The number of imide groups is 1. The third kappa shape index (κ3) is 4.19. The van der Waals surface area contributed by atoms with E-state index in [-0.39, 0.29) is 27.9 Å². The summed E-state index contributed by atoms with van der Waals surface area (Å²) in [5, 5.41) is 0.118. The second-order valence-electron chi connectivity index (χ2n) is 7.33. The van der Waals surface area contributed by atoms with Gasteiger partial charge in [0.2, 0.25) is 15.9 Å². The Labute approximate surface area is 195 Å². The Balaban J connectivity index is 1.77. The van der Waals surface area contributed by atoms with Gasteiger partial charge in [-0.2, -0.15) is 4.31 Å².